The van der Waals surface area contributed by atoms with Crippen LogP contribution in [0.4, 0.5) is 0 Å². The van der Waals surface area contributed by atoms with Crippen molar-refractivity contribution in [2.75, 3.05) is 64.4 Å². The van der Waals surface area contributed by atoms with Crippen LogP contribution in [0, 0.1) is 11.8 Å². The van der Waals surface area contributed by atoms with E-state index in [0.717, 1.165) is 0 Å². The first-order valence-electron chi connectivity index (χ1n) is 21.2. The van der Waals surface area contributed by atoms with Crippen LogP contribution in [0.2, 0.25) is 0 Å². The van der Waals surface area contributed by atoms with Gasteiger partial charge in [0.2, 0.25) is 23.6 Å². The van der Waals surface area contributed by atoms with Crippen LogP contribution < -0.4 is 31.9 Å². The summed E-state index contributed by atoms with van der Waals surface area (Å²) in [6.45, 7) is 0.287. The molecule has 0 aromatic rings. The van der Waals surface area contributed by atoms with Crippen LogP contribution in [0.3, 0.4) is 0 Å². The molecule has 14 atom stereocenters. The van der Waals surface area contributed by atoms with E-state index in [2.05, 4.69) is 31.9 Å². The zero-order chi connectivity index (χ0) is 56.8. The smallest absolute Gasteiger partial charge is 0.373 e. The van der Waals surface area contributed by atoms with Crippen LogP contribution in [0.5, 0.6) is 0 Å². The van der Waals surface area contributed by atoms with Crippen molar-refractivity contribution in [1.29, 1.82) is 0 Å². The van der Waals surface area contributed by atoms with Crippen molar-refractivity contribution in [2.24, 2.45) is 11.8 Å². The van der Waals surface area contributed by atoms with Crippen molar-refractivity contribution in [3.05, 3.63) is 0 Å². The van der Waals surface area contributed by atoms with Gasteiger partial charge in [-0.15, -0.1) is 0 Å². The number of ketones is 2. The second-order valence-electron chi connectivity index (χ2n) is 15.2. The van der Waals surface area contributed by atoms with Gasteiger partial charge in [0.15, 0.2) is 0 Å². The monoisotopic (exact) mass is 1080 g/mol. The number of carboxylic acid groups (broad SMARTS) is 2. The van der Waals surface area contributed by atoms with Gasteiger partial charge < -0.3 is 93.2 Å². The Hall–Kier alpha value is -4.86. The molecule has 0 radical (unpaired) electrons. The van der Waals surface area contributed by atoms with Crippen molar-refractivity contribution in [3.8, 4) is 0 Å². The van der Waals surface area contributed by atoms with Gasteiger partial charge in [0.1, 0.15) is 60.3 Å². The summed E-state index contributed by atoms with van der Waals surface area (Å²) in [6.07, 6.45) is -12.2. The predicted octanol–water partition coefficient (Wildman–Crippen LogP) is -9.08. The number of Topliss-reactive ketones (excluding diaryl/α,β-unsaturated/α-hetero) is 2. The number of hydrogen-bond donors (Lipinski definition) is 18. The molecule has 0 saturated heterocycles. The number of likely N-dealkylation sites (N-methyl/N-ethyl adjacent to an activating group) is 2. The zero-order valence-corrected chi connectivity index (χ0v) is 41.9. The van der Waals surface area contributed by atoms with Gasteiger partial charge >= 0.3 is 24.2 Å². The normalized spacial score (nSPS) is 16.4. The Kier molecular flexibility index (Phi) is 43.6. The lowest BCUT2D eigenvalue weighted by molar-refractivity contribution is -0.193. The number of aliphatic hydroxyl groups excluding tert-OH is 10. The van der Waals surface area contributed by atoms with E-state index in [9.17, 15) is 89.4 Å². The second kappa shape index (κ2) is 42.6. The fourth-order valence-electron chi connectivity index (χ4n) is 5.33. The minimum Gasteiger partial charge on any atom is -0.480 e. The maximum atomic E-state index is 12.6. The molecule has 0 aliphatic heterocycles. The largest absolute Gasteiger partial charge is 0.480 e. The lowest BCUT2D eigenvalue weighted by Crippen LogP contribution is -2.50. The number of thioether (sulfide) groups is 2. The zero-order valence-electron chi connectivity index (χ0n) is 40.2. The Balaban J connectivity index is -0.000000578. The van der Waals surface area contributed by atoms with E-state index in [4.69, 9.17) is 29.4 Å². The number of aliphatic carboxylic acids is 2. The molecular formula is C40H70N6O24S2. The first-order valence-corrected chi connectivity index (χ1v) is 24.0. The van der Waals surface area contributed by atoms with Crippen molar-refractivity contribution in [2.45, 2.75) is 113 Å². The molecule has 0 spiro atoms. The molecule has 0 heterocycles. The number of carbonyl (C=O) groups excluding carboxylic acids is 10. The van der Waals surface area contributed by atoms with E-state index in [1.54, 1.807) is 26.4 Å². The fourth-order valence-corrected chi connectivity index (χ4v) is 6.45. The molecule has 0 rings (SSSR count). The molecule has 0 aromatic heterocycles. The number of nitrogens with one attached hydrogen (secondary N) is 6. The minimum absolute atomic E-state index is 0.0763. The third-order valence-corrected chi connectivity index (χ3v) is 11.2. The number of carbonyl (C=O) groups is 8. The summed E-state index contributed by atoms with van der Waals surface area (Å²) in [5.74, 6) is -8.68. The van der Waals surface area contributed by atoms with E-state index in [1.807, 2.05) is 0 Å². The highest BCUT2D eigenvalue weighted by molar-refractivity contribution is 7.98. The van der Waals surface area contributed by atoms with Gasteiger partial charge in [-0.05, 0) is 40.5 Å². The molecule has 0 saturated carbocycles. The molecule has 18 N–H and O–H groups in total. The Morgan fingerprint density at radius 1 is 0.486 bits per heavy atom. The molecule has 4 amide bonds. The Bertz CT molecular complexity index is 1590. The van der Waals surface area contributed by atoms with Crippen LogP contribution in [0.1, 0.15) is 39.5 Å². The van der Waals surface area contributed by atoms with Gasteiger partial charge in [-0.2, -0.15) is 42.7 Å². The molecule has 5 unspecified atom stereocenters. The predicted molar refractivity (Wildman–Crippen MR) is 247 cm³/mol. The highest BCUT2D eigenvalue weighted by atomic mass is 32.2. The average Bonchev–Trinajstić information content (AvgIpc) is 3.34. The molecule has 0 bridgehead atoms. The summed E-state index contributed by atoms with van der Waals surface area (Å²) in [5.41, 5.74) is 0. The Labute approximate surface area is 421 Å². The first-order chi connectivity index (χ1) is 33.6. The van der Waals surface area contributed by atoms with E-state index < -0.39 is 160 Å². The lowest BCUT2D eigenvalue weighted by atomic mass is 9.94. The summed E-state index contributed by atoms with van der Waals surface area (Å²) in [7, 11) is 3.08. The molecule has 0 aliphatic rings. The first kappa shape index (κ1) is 73.7. The van der Waals surface area contributed by atoms with Crippen LogP contribution in [-0.4, -0.2) is 258 Å². The van der Waals surface area contributed by atoms with Gasteiger partial charge in [-0.1, -0.05) is 0 Å². The fraction of sp³-hybridized carbons (Fsp3) is 0.750. The number of aliphatic hydroxyl groups is 10. The van der Waals surface area contributed by atoms with Crippen LogP contribution in [0.25, 0.3) is 0 Å². The quantitative estimate of drug-likeness (QED) is 0.0284. The van der Waals surface area contributed by atoms with Crippen molar-refractivity contribution in [3.63, 3.8) is 0 Å². The molecule has 32 heteroatoms. The van der Waals surface area contributed by atoms with Crippen LogP contribution >= 0.6 is 23.5 Å². The molecule has 0 fully saturated rings. The van der Waals surface area contributed by atoms with E-state index in [1.165, 1.54) is 37.6 Å². The van der Waals surface area contributed by atoms with E-state index >= 15 is 0 Å². The Morgan fingerprint density at radius 3 is 0.972 bits per heavy atom. The molecule has 72 heavy (non-hydrogen) atoms. The minimum atomic E-state index is -1.88. The molecule has 416 valence electrons. The van der Waals surface area contributed by atoms with Crippen LogP contribution in [0.15, 0.2) is 0 Å². The molecule has 0 aliphatic carbocycles. The molecule has 0 aromatic carbocycles. The van der Waals surface area contributed by atoms with Crippen molar-refractivity contribution in [1.82, 2.24) is 31.9 Å². The molecular weight excluding hydrogens is 1010 g/mol. The van der Waals surface area contributed by atoms with Crippen molar-refractivity contribution >= 4 is 83.0 Å². The number of amides is 4. The number of carboxylic acids is 2. The summed E-state index contributed by atoms with van der Waals surface area (Å²) < 4.78 is 0. The third kappa shape index (κ3) is 32.3. The van der Waals surface area contributed by atoms with Crippen molar-refractivity contribution < 1.29 is 119 Å². The highest BCUT2D eigenvalue weighted by Crippen LogP contribution is 2.15. The lowest BCUT2D eigenvalue weighted by Gasteiger charge is -2.26. The summed E-state index contributed by atoms with van der Waals surface area (Å²) in [4.78, 5) is 130. The van der Waals surface area contributed by atoms with Crippen LogP contribution in [-0.2, 0) is 57.5 Å². The maximum Gasteiger partial charge on any atom is 0.373 e. The SMILES string of the molecule is CN[C@@H](C)C(=O)CC(CC(=O)NCC(O)C(O)C(O)C(O)CO)C(=O)N[C@@H](CSC)C(=O)O.CN[C@@H](C)C(=O)C[C@@H](CC(=O)NC[C@H](O)[C@@H](O)[C@H](O)[C@H](O)CO)C(=O)N[C@@H](CSC)C(=O)O.O=C=O.O=C=O. The van der Waals surface area contributed by atoms with Gasteiger partial charge in [0, 0.05) is 50.3 Å². The summed E-state index contributed by atoms with van der Waals surface area (Å²) >= 11 is 2.38. The Morgan fingerprint density at radius 2 is 0.750 bits per heavy atom. The summed E-state index contributed by atoms with van der Waals surface area (Å²) in [5, 5.41) is 128. The topological polar surface area (TPSA) is 520 Å². The van der Waals surface area contributed by atoms with Gasteiger partial charge in [-0.3, -0.25) is 28.8 Å². The average molecular weight is 1080 g/mol. The third-order valence-electron chi connectivity index (χ3n) is 9.90. The van der Waals surface area contributed by atoms with Gasteiger partial charge in [-0.25, -0.2) is 9.59 Å². The van der Waals surface area contributed by atoms with Gasteiger partial charge in [0.25, 0.3) is 0 Å². The maximum absolute atomic E-state index is 12.6. The standard InChI is InChI=1S/2C19H35N3O10S.2CO2/c2*1-9(20-2)12(24)4-10(18(30)22-11(8-33-3)19(31)32)5-15(27)21-6-13(25)16(28)17(29)14(26)7-23;2*2-1-3/h2*9-11,13-14,16-17,20,23,25-26,28-29H,4-8H2,1-3H3,(H,21,27)(H,22,30)(H,31,32);;/t9-,10?,11-,13?,14?,16?,17?;9-,10-,11-,13-,14+,16+,17+;;/m00../s1. The highest BCUT2D eigenvalue weighted by Gasteiger charge is 2.34. The summed E-state index contributed by atoms with van der Waals surface area (Å²) in [6, 6.07) is -3.65. The van der Waals surface area contributed by atoms with E-state index in [0.29, 0.717) is 0 Å². The number of hydrogen-bond acceptors (Lipinski definition) is 26. The van der Waals surface area contributed by atoms with E-state index in [-0.39, 0.29) is 48.2 Å². The molecule has 30 nitrogen and oxygen atoms in total. The number of rotatable bonds is 34. The second-order valence-corrected chi connectivity index (χ2v) is 17.1. The van der Waals surface area contributed by atoms with Gasteiger partial charge in [0.05, 0.1) is 49.3 Å².